The van der Waals surface area contributed by atoms with E-state index in [1.807, 2.05) is 32.0 Å². The molecule has 1 unspecified atom stereocenters. The molecule has 8 heteroatoms. The zero-order valence-corrected chi connectivity index (χ0v) is 17.2. The van der Waals surface area contributed by atoms with Crippen molar-refractivity contribution >= 4 is 52.4 Å². The SMILES string of the molecule is Cc1ccc(C)c(OCC(=O)OC(C)C(=O)Nc2c(Cl)cc(Cl)cc2Cl)c1. The molecule has 144 valence electrons. The second-order valence-electron chi connectivity index (χ2n) is 5.92. The van der Waals surface area contributed by atoms with E-state index in [0.717, 1.165) is 11.1 Å². The van der Waals surface area contributed by atoms with E-state index in [1.54, 1.807) is 0 Å². The molecule has 5 nitrogen and oxygen atoms in total. The first-order valence-corrected chi connectivity index (χ1v) is 9.15. The van der Waals surface area contributed by atoms with Crippen LogP contribution in [0.4, 0.5) is 5.69 Å². The van der Waals surface area contributed by atoms with E-state index in [2.05, 4.69) is 5.32 Å². The van der Waals surface area contributed by atoms with Crippen molar-refractivity contribution in [3.63, 3.8) is 0 Å². The first-order chi connectivity index (χ1) is 12.7. The summed E-state index contributed by atoms with van der Waals surface area (Å²) >= 11 is 17.9. The molecule has 0 fully saturated rings. The average Bonchev–Trinajstić information content (AvgIpc) is 2.58. The molecule has 1 amide bonds. The Labute approximate surface area is 172 Å². The lowest BCUT2D eigenvalue weighted by Crippen LogP contribution is -2.31. The molecule has 2 rings (SSSR count). The average molecular weight is 431 g/mol. The van der Waals surface area contributed by atoms with Gasteiger partial charge >= 0.3 is 5.97 Å². The number of rotatable bonds is 6. The van der Waals surface area contributed by atoms with Crippen LogP contribution in [0.3, 0.4) is 0 Å². The number of ether oxygens (including phenoxy) is 2. The van der Waals surface area contributed by atoms with Crippen LogP contribution < -0.4 is 10.1 Å². The highest BCUT2D eigenvalue weighted by Crippen LogP contribution is 2.33. The predicted molar refractivity (Wildman–Crippen MR) is 107 cm³/mol. The molecule has 0 aliphatic carbocycles. The Morgan fingerprint density at radius 2 is 1.70 bits per heavy atom. The maximum absolute atomic E-state index is 12.2. The number of anilines is 1. The molecule has 0 saturated heterocycles. The largest absolute Gasteiger partial charge is 0.482 e. The molecule has 0 heterocycles. The normalized spacial score (nSPS) is 11.6. The molecule has 0 aromatic heterocycles. The van der Waals surface area contributed by atoms with Crippen LogP contribution in [-0.4, -0.2) is 24.6 Å². The van der Waals surface area contributed by atoms with Gasteiger partial charge in [-0.15, -0.1) is 0 Å². The molecular weight excluding hydrogens is 413 g/mol. The predicted octanol–water partition coefficient (Wildman–Crippen LogP) is 5.21. The van der Waals surface area contributed by atoms with Crippen molar-refractivity contribution < 1.29 is 19.1 Å². The summed E-state index contributed by atoms with van der Waals surface area (Å²) in [5.74, 6) is -0.670. The number of hydrogen-bond acceptors (Lipinski definition) is 4. The highest BCUT2D eigenvalue weighted by Gasteiger charge is 2.20. The standard InChI is InChI=1S/C19H18Cl3NO4/c1-10-4-5-11(2)16(6-10)26-9-17(24)27-12(3)19(25)23-18-14(21)7-13(20)8-15(18)22/h4-8,12H,9H2,1-3H3,(H,23,25). The first-order valence-electron chi connectivity index (χ1n) is 8.02. The van der Waals surface area contributed by atoms with Gasteiger partial charge in [0.25, 0.3) is 5.91 Å². The minimum atomic E-state index is -1.07. The third-order valence-corrected chi connectivity index (χ3v) is 4.44. The lowest BCUT2D eigenvalue weighted by Gasteiger charge is -2.16. The van der Waals surface area contributed by atoms with E-state index in [0.29, 0.717) is 10.8 Å². The van der Waals surface area contributed by atoms with E-state index in [1.165, 1.54) is 19.1 Å². The van der Waals surface area contributed by atoms with Gasteiger partial charge in [-0.05, 0) is 50.1 Å². The molecule has 27 heavy (non-hydrogen) atoms. The van der Waals surface area contributed by atoms with Crippen molar-refractivity contribution in [2.45, 2.75) is 26.9 Å². The van der Waals surface area contributed by atoms with Gasteiger partial charge in [-0.3, -0.25) is 4.79 Å². The van der Waals surface area contributed by atoms with Gasteiger partial charge < -0.3 is 14.8 Å². The van der Waals surface area contributed by atoms with E-state index >= 15 is 0 Å². The van der Waals surface area contributed by atoms with Crippen molar-refractivity contribution in [2.75, 3.05) is 11.9 Å². The molecule has 0 saturated carbocycles. The Morgan fingerprint density at radius 3 is 2.33 bits per heavy atom. The van der Waals surface area contributed by atoms with E-state index < -0.39 is 18.0 Å². The van der Waals surface area contributed by atoms with Crippen LogP contribution in [0.25, 0.3) is 0 Å². The van der Waals surface area contributed by atoms with Crippen LogP contribution in [0.2, 0.25) is 15.1 Å². The molecule has 1 atom stereocenters. The fraction of sp³-hybridized carbons (Fsp3) is 0.263. The monoisotopic (exact) mass is 429 g/mol. The molecule has 2 aromatic carbocycles. The second kappa shape index (κ2) is 9.31. The van der Waals surface area contributed by atoms with Crippen LogP contribution in [0.1, 0.15) is 18.1 Å². The van der Waals surface area contributed by atoms with E-state index in [9.17, 15) is 9.59 Å². The van der Waals surface area contributed by atoms with E-state index in [-0.39, 0.29) is 22.3 Å². The third-order valence-electron chi connectivity index (χ3n) is 3.62. The summed E-state index contributed by atoms with van der Waals surface area (Å²) in [6.07, 6.45) is -1.07. The summed E-state index contributed by atoms with van der Waals surface area (Å²) in [4.78, 5) is 24.2. The summed E-state index contributed by atoms with van der Waals surface area (Å²) < 4.78 is 10.6. The van der Waals surface area contributed by atoms with E-state index in [4.69, 9.17) is 44.3 Å². The Morgan fingerprint density at radius 1 is 1.07 bits per heavy atom. The highest BCUT2D eigenvalue weighted by atomic mass is 35.5. The van der Waals surface area contributed by atoms with Crippen molar-refractivity contribution in [3.05, 3.63) is 56.5 Å². The van der Waals surface area contributed by atoms with Crippen molar-refractivity contribution in [1.82, 2.24) is 0 Å². The van der Waals surface area contributed by atoms with Crippen LogP contribution in [0, 0.1) is 13.8 Å². The molecule has 2 aromatic rings. The van der Waals surface area contributed by atoms with Crippen molar-refractivity contribution in [2.24, 2.45) is 0 Å². The Kier molecular flexibility index (Phi) is 7.36. The molecular formula is C19H18Cl3NO4. The molecule has 0 bridgehead atoms. The number of halogens is 3. The topological polar surface area (TPSA) is 64.6 Å². The fourth-order valence-electron chi connectivity index (χ4n) is 2.17. The molecule has 0 radical (unpaired) electrons. The summed E-state index contributed by atoms with van der Waals surface area (Å²) in [6.45, 7) is 4.91. The minimum absolute atomic E-state index is 0.178. The van der Waals surface area contributed by atoms with Crippen molar-refractivity contribution in [1.29, 1.82) is 0 Å². The Bertz CT molecular complexity index is 847. The van der Waals surface area contributed by atoms with Gasteiger partial charge in [0.15, 0.2) is 12.7 Å². The van der Waals surface area contributed by atoms with Gasteiger partial charge in [-0.1, -0.05) is 46.9 Å². The number of carbonyl (C=O) groups excluding carboxylic acids is 2. The molecule has 0 aliphatic rings. The van der Waals surface area contributed by atoms with Crippen LogP contribution in [0.15, 0.2) is 30.3 Å². The maximum atomic E-state index is 12.2. The van der Waals surface area contributed by atoms with Gasteiger partial charge in [-0.25, -0.2) is 4.79 Å². The van der Waals surface area contributed by atoms with Gasteiger partial charge in [0, 0.05) is 5.02 Å². The van der Waals surface area contributed by atoms with Crippen LogP contribution >= 0.6 is 34.8 Å². The van der Waals surface area contributed by atoms with Crippen LogP contribution in [0.5, 0.6) is 5.75 Å². The fourth-order valence-corrected chi connectivity index (χ4v) is 3.08. The van der Waals surface area contributed by atoms with Gasteiger partial charge in [0.1, 0.15) is 5.75 Å². The minimum Gasteiger partial charge on any atom is -0.482 e. The quantitative estimate of drug-likeness (QED) is 0.639. The molecule has 0 aliphatic heterocycles. The highest BCUT2D eigenvalue weighted by molar-refractivity contribution is 6.42. The Balaban J connectivity index is 1.92. The molecule has 0 spiro atoms. The second-order valence-corrected chi connectivity index (χ2v) is 7.17. The summed E-state index contributed by atoms with van der Waals surface area (Å²) in [5.41, 5.74) is 2.10. The lowest BCUT2D eigenvalue weighted by atomic mass is 10.1. The zero-order valence-electron chi connectivity index (χ0n) is 14.9. The van der Waals surface area contributed by atoms with Gasteiger partial charge in [-0.2, -0.15) is 0 Å². The summed E-state index contributed by atoms with van der Waals surface area (Å²) in [6, 6.07) is 8.55. The zero-order chi connectivity index (χ0) is 20.1. The number of amides is 1. The number of carbonyl (C=O) groups is 2. The number of nitrogens with one attached hydrogen (secondary N) is 1. The number of benzene rings is 2. The summed E-state index contributed by atoms with van der Waals surface area (Å²) in [5, 5.41) is 3.22. The van der Waals surface area contributed by atoms with Gasteiger partial charge in [0.2, 0.25) is 0 Å². The number of aryl methyl sites for hydroxylation is 2. The van der Waals surface area contributed by atoms with Crippen molar-refractivity contribution in [3.8, 4) is 5.75 Å². The van der Waals surface area contributed by atoms with Gasteiger partial charge in [0.05, 0.1) is 15.7 Å². The number of hydrogen-bond donors (Lipinski definition) is 1. The smallest absolute Gasteiger partial charge is 0.344 e. The third kappa shape index (κ3) is 6.03. The maximum Gasteiger partial charge on any atom is 0.344 e. The first kappa shape index (κ1) is 21.4. The molecule has 1 N–H and O–H groups in total. The van der Waals surface area contributed by atoms with Crippen LogP contribution in [-0.2, 0) is 14.3 Å². The summed E-state index contributed by atoms with van der Waals surface area (Å²) in [7, 11) is 0. The Hall–Kier alpha value is -1.95. The number of esters is 1. The lowest BCUT2D eigenvalue weighted by molar-refractivity contribution is -0.155.